The number of aryl methyl sites for hydroxylation is 1. The minimum absolute atomic E-state index is 0.0541. The van der Waals surface area contributed by atoms with Gasteiger partial charge >= 0.3 is 5.97 Å². The average Bonchev–Trinajstić information content (AvgIpc) is 2.39. The number of anilines is 1. The van der Waals surface area contributed by atoms with Gasteiger partial charge in [-0.1, -0.05) is 6.07 Å². The number of hydrogen-bond acceptors (Lipinski definition) is 6. The second-order valence-corrected chi connectivity index (χ2v) is 4.00. The molecule has 0 spiro atoms. The Morgan fingerprint density at radius 2 is 2.05 bits per heavy atom. The summed E-state index contributed by atoms with van der Waals surface area (Å²) in [5, 5.41) is 22.9. The van der Waals surface area contributed by atoms with Gasteiger partial charge in [0.15, 0.2) is 6.29 Å². The number of benzene rings is 1. The lowest BCUT2D eigenvalue weighted by molar-refractivity contribution is -0.384. The van der Waals surface area contributed by atoms with E-state index in [-0.39, 0.29) is 23.5 Å². The minimum Gasteiger partial charge on any atom is -0.478 e. The summed E-state index contributed by atoms with van der Waals surface area (Å²) in [6.45, 7) is 1.62. The number of rotatable bonds is 7. The molecule has 0 radical (unpaired) electrons. The van der Waals surface area contributed by atoms with Crippen molar-refractivity contribution >= 4 is 17.3 Å². The number of carbonyl (C=O) groups is 1. The van der Waals surface area contributed by atoms with Crippen molar-refractivity contribution in [2.45, 2.75) is 13.2 Å². The van der Waals surface area contributed by atoms with Gasteiger partial charge in [0.25, 0.3) is 5.69 Å². The van der Waals surface area contributed by atoms with Crippen molar-refractivity contribution in [2.75, 3.05) is 26.1 Å². The van der Waals surface area contributed by atoms with E-state index in [1.165, 1.54) is 26.4 Å². The summed E-state index contributed by atoms with van der Waals surface area (Å²) in [7, 11) is 2.83. The predicted octanol–water partition coefficient (Wildman–Crippen LogP) is 1.63. The van der Waals surface area contributed by atoms with E-state index in [0.29, 0.717) is 5.56 Å². The molecule has 0 aliphatic rings. The fraction of sp³-hybridized carbons (Fsp3) is 0.417. The number of nitrogens with zero attached hydrogens (tertiary/aromatic N) is 1. The van der Waals surface area contributed by atoms with E-state index in [1.54, 1.807) is 6.92 Å². The maximum Gasteiger partial charge on any atom is 0.338 e. The topological polar surface area (TPSA) is 111 Å². The van der Waals surface area contributed by atoms with Crippen molar-refractivity contribution in [1.82, 2.24) is 0 Å². The average molecular weight is 284 g/mol. The highest BCUT2D eigenvalue weighted by Crippen LogP contribution is 2.32. The lowest BCUT2D eigenvalue weighted by Crippen LogP contribution is -2.25. The van der Waals surface area contributed by atoms with Crippen LogP contribution in [0.25, 0.3) is 0 Å². The van der Waals surface area contributed by atoms with Gasteiger partial charge in [-0.3, -0.25) is 10.1 Å². The largest absolute Gasteiger partial charge is 0.478 e. The van der Waals surface area contributed by atoms with E-state index < -0.39 is 17.2 Å². The normalized spacial score (nSPS) is 10.6. The van der Waals surface area contributed by atoms with Crippen molar-refractivity contribution < 1.29 is 24.3 Å². The van der Waals surface area contributed by atoms with Gasteiger partial charge in [-0.2, -0.15) is 0 Å². The molecule has 2 N–H and O–H groups in total. The van der Waals surface area contributed by atoms with E-state index in [9.17, 15) is 14.9 Å². The van der Waals surface area contributed by atoms with Crippen LogP contribution in [-0.4, -0.2) is 43.1 Å². The Balaban J connectivity index is 3.22. The third kappa shape index (κ3) is 3.43. The Labute approximate surface area is 115 Å². The fourth-order valence-corrected chi connectivity index (χ4v) is 1.74. The van der Waals surface area contributed by atoms with Crippen molar-refractivity contribution in [3.63, 3.8) is 0 Å². The highest BCUT2D eigenvalue weighted by molar-refractivity contribution is 5.97. The van der Waals surface area contributed by atoms with Crippen LogP contribution in [0.5, 0.6) is 0 Å². The van der Waals surface area contributed by atoms with Gasteiger partial charge in [0.1, 0.15) is 5.69 Å². The standard InChI is InChI=1S/C12H16N2O6/c1-7-4-5-8(12(15)16)10(11(7)14(17)18)13-6-9(19-2)20-3/h4-5,9,13H,6H2,1-3H3,(H,15,16). The zero-order valence-electron chi connectivity index (χ0n) is 11.4. The summed E-state index contributed by atoms with van der Waals surface area (Å²) in [6.07, 6.45) is -0.642. The molecular formula is C12H16N2O6. The maximum atomic E-state index is 11.2. The van der Waals surface area contributed by atoms with E-state index >= 15 is 0 Å². The van der Waals surface area contributed by atoms with Crippen molar-refractivity contribution in [3.05, 3.63) is 33.4 Å². The number of aromatic carboxylic acids is 1. The Bertz CT molecular complexity index is 513. The molecule has 0 unspecified atom stereocenters. The van der Waals surface area contributed by atoms with E-state index in [4.69, 9.17) is 14.6 Å². The highest BCUT2D eigenvalue weighted by atomic mass is 16.7. The molecule has 0 aromatic heterocycles. The first-order valence-electron chi connectivity index (χ1n) is 5.73. The van der Waals surface area contributed by atoms with Crippen molar-refractivity contribution in [1.29, 1.82) is 0 Å². The predicted molar refractivity (Wildman–Crippen MR) is 71.1 cm³/mol. The van der Waals surface area contributed by atoms with Gasteiger partial charge in [-0.05, 0) is 13.0 Å². The number of carboxylic acid groups (broad SMARTS) is 1. The van der Waals surface area contributed by atoms with Gasteiger partial charge in [-0.15, -0.1) is 0 Å². The molecule has 0 saturated heterocycles. The summed E-state index contributed by atoms with van der Waals surface area (Å²) >= 11 is 0. The van der Waals surface area contributed by atoms with E-state index in [1.807, 2.05) is 0 Å². The molecule has 0 saturated carbocycles. The number of carboxylic acids is 1. The molecule has 0 fully saturated rings. The van der Waals surface area contributed by atoms with Crippen LogP contribution in [0.1, 0.15) is 15.9 Å². The number of nitro benzene ring substituents is 1. The Morgan fingerprint density at radius 1 is 1.45 bits per heavy atom. The molecule has 0 aliphatic carbocycles. The quantitative estimate of drug-likeness (QED) is 0.444. The van der Waals surface area contributed by atoms with Gasteiger partial charge in [-0.25, -0.2) is 4.79 Å². The van der Waals surface area contributed by atoms with Gasteiger partial charge < -0.3 is 19.9 Å². The number of nitrogens with one attached hydrogen (secondary N) is 1. The van der Waals surface area contributed by atoms with Gasteiger partial charge in [0.2, 0.25) is 0 Å². The Morgan fingerprint density at radius 3 is 2.50 bits per heavy atom. The number of nitro groups is 1. The molecule has 110 valence electrons. The third-order valence-electron chi connectivity index (χ3n) is 2.76. The van der Waals surface area contributed by atoms with Gasteiger partial charge in [0, 0.05) is 19.8 Å². The summed E-state index contributed by atoms with van der Waals surface area (Å²) in [6, 6.07) is 2.72. The molecule has 0 bridgehead atoms. The Kier molecular flexibility index (Phi) is 5.42. The first-order chi connectivity index (χ1) is 9.42. The molecule has 1 aromatic carbocycles. The van der Waals surface area contributed by atoms with Crippen LogP contribution in [0.3, 0.4) is 0 Å². The van der Waals surface area contributed by atoms with Crippen LogP contribution in [0.15, 0.2) is 12.1 Å². The fourth-order valence-electron chi connectivity index (χ4n) is 1.74. The summed E-state index contributed by atoms with van der Waals surface area (Å²) < 4.78 is 9.90. The Hall–Kier alpha value is -2.19. The van der Waals surface area contributed by atoms with Crippen LogP contribution in [0.4, 0.5) is 11.4 Å². The maximum absolute atomic E-state index is 11.2. The number of ether oxygens (including phenoxy) is 2. The van der Waals surface area contributed by atoms with Crippen LogP contribution >= 0.6 is 0 Å². The lowest BCUT2D eigenvalue weighted by atomic mass is 10.1. The smallest absolute Gasteiger partial charge is 0.338 e. The SMILES string of the molecule is COC(CNc1c(C(=O)O)ccc(C)c1[N+](=O)[O-])OC. The number of methoxy groups -OCH3 is 2. The monoisotopic (exact) mass is 284 g/mol. The second kappa shape index (κ2) is 6.83. The number of hydrogen-bond donors (Lipinski definition) is 2. The highest BCUT2D eigenvalue weighted by Gasteiger charge is 2.24. The molecule has 1 aromatic rings. The van der Waals surface area contributed by atoms with E-state index in [0.717, 1.165) is 0 Å². The first-order valence-corrected chi connectivity index (χ1v) is 5.73. The second-order valence-electron chi connectivity index (χ2n) is 4.00. The summed E-state index contributed by atoms with van der Waals surface area (Å²) in [5.41, 5.74) is -0.125. The third-order valence-corrected chi connectivity index (χ3v) is 2.76. The summed E-state index contributed by atoms with van der Waals surface area (Å²) in [4.78, 5) is 21.7. The molecule has 1 rings (SSSR count). The first kappa shape index (κ1) is 15.9. The summed E-state index contributed by atoms with van der Waals surface area (Å²) in [5.74, 6) is -1.25. The van der Waals surface area contributed by atoms with Crippen LogP contribution in [0.2, 0.25) is 0 Å². The van der Waals surface area contributed by atoms with Gasteiger partial charge in [0.05, 0.1) is 17.0 Å². The van der Waals surface area contributed by atoms with Crippen LogP contribution < -0.4 is 5.32 Å². The zero-order valence-corrected chi connectivity index (χ0v) is 11.4. The molecule has 0 aliphatic heterocycles. The van der Waals surface area contributed by atoms with Crippen LogP contribution in [-0.2, 0) is 9.47 Å². The minimum atomic E-state index is -1.25. The molecule has 0 amide bonds. The van der Waals surface area contributed by atoms with E-state index in [2.05, 4.69) is 5.32 Å². The molecule has 8 nitrogen and oxygen atoms in total. The van der Waals surface area contributed by atoms with Crippen molar-refractivity contribution in [2.24, 2.45) is 0 Å². The molecular weight excluding hydrogens is 268 g/mol. The van der Waals surface area contributed by atoms with Crippen LogP contribution in [0, 0.1) is 17.0 Å². The zero-order chi connectivity index (χ0) is 15.3. The molecule has 0 heterocycles. The molecule has 0 atom stereocenters. The van der Waals surface area contributed by atoms with Crippen molar-refractivity contribution in [3.8, 4) is 0 Å². The molecule has 8 heteroatoms. The lowest BCUT2D eigenvalue weighted by Gasteiger charge is -2.16. The molecule has 20 heavy (non-hydrogen) atoms.